The lowest BCUT2D eigenvalue weighted by Crippen LogP contribution is -2.71. The van der Waals surface area contributed by atoms with E-state index in [1.54, 1.807) is 25.1 Å². The zero-order valence-electron chi connectivity index (χ0n) is 18.3. The van der Waals surface area contributed by atoms with Crippen molar-refractivity contribution in [1.82, 2.24) is 9.13 Å². The van der Waals surface area contributed by atoms with E-state index in [0.29, 0.717) is 68.6 Å². The highest BCUT2D eigenvalue weighted by atomic mass is 16.3. The van der Waals surface area contributed by atoms with Crippen LogP contribution < -0.4 is 11.0 Å². The predicted molar refractivity (Wildman–Crippen MR) is 123 cm³/mol. The zero-order chi connectivity index (χ0) is 23.4. The van der Waals surface area contributed by atoms with Gasteiger partial charge in [-0.1, -0.05) is 15.0 Å². The van der Waals surface area contributed by atoms with Crippen LogP contribution in [0.3, 0.4) is 0 Å². The first kappa shape index (κ1) is 16.2. The highest BCUT2D eigenvalue weighted by Crippen LogP contribution is 2.52. The fourth-order valence-electron chi connectivity index (χ4n) is 6.91. The molecule has 12 heteroatoms. The zero-order valence-corrected chi connectivity index (χ0v) is 18.3. The van der Waals surface area contributed by atoms with Gasteiger partial charge in [0.15, 0.2) is 22.5 Å². The van der Waals surface area contributed by atoms with Crippen molar-refractivity contribution < 1.29 is 26.8 Å². The van der Waals surface area contributed by atoms with Crippen molar-refractivity contribution in [3.05, 3.63) is 82.9 Å². The van der Waals surface area contributed by atoms with Crippen LogP contribution in [0.2, 0.25) is 0 Å². The summed E-state index contributed by atoms with van der Waals surface area (Å²) in [6, 6.07) is 7.71. The van der Waals surface area contributed by atoms with Crippen LogP contribution in [-0.2, 0) is 5.91 Å². The quantitative estimate of drug-likeness (QED) is 0.307. The second kappa shape index (κ2) is 4.53. The first-order valence-corrected chi connectivity index (χ1v) is 11.7. The maximum absolute atomic E-state index is 6.01. The van der Waals surface area contributed by atoms with Crippen LogP contribution in [-0.4, -0.2) is 41.6 Å². The van der Waals surface area contributed by atoms with Crippen molar-refractivity contribution in [3.63, 3.8) is 0 Å². The van der Waals surface area contributed by atoms with Crippen molar-refractivity contribution in [1.29, 1.82) is 0 Å². The Bertz CT molecular complexity index is 2480. The Hall–Kier alpha value is -5.52. The average Bonchev–Trinajstić information content (AvgIpc) is 3.73. The van der Waals surface area contributed by atoms with Gasteiger partial charge in [0.2, 0.25) is 17.3 Å². The molecule has 0 N–H and O–H groups in total. The second-order valence-electron chi connectivity index (χ2n) is 9.63. The Morgan fingerprint density at radius 1 is 0.595 bits per heavy atom. The molecule has 6 aliphatic rings. The van der Waals surface area contributed by atoms with Gasteiger partial charge in [-0.05, 0) is 24.3 Å². The first-order chi connectivity index (χ1) is 18.4. The molecule has 0 aliphatic carbocycles. The lowest BCUT2D eigenvalue weighted by molar-refractivity contribution is -0.792. The minimum Gasteiger partial charge on any atom is -0.460 e. The third kappa shape index (κ3) is 1.29. The SMILES string of the molecule is c1cc2c(o1)C1=Nc3c4ccoc4c4n3[C@@]35n6c(c7ccoc7c6=NC6=[N+]3C(=NC2=[N+]15)c1occc16)=N4. The van der Waals surface area contributed by atoms with Crippen LogP contribution in [0.5, 0.6) is 0 Å². The summed E-state index contributed by atoms with van der Waals surface area (Å²) < 4.78 is 32.5. The van der Waals surface area contributed by atoms with Gasteiger partial charge in [0.25, 0.3) is 17.2 Å². The molecule has 37 heavy (non-hydrogen) atoms. The molecule has 0 saturated carbocycles. The molecular weight excluding hydrogens is 476 g/mol. The molecule has 12 rings (SSSR count). The molecule has 12 nitrogen and oxygen atoms in total. The number of rotatable bonds is 0. The Labute approximate surface area is 202 Å². The van der Waals surface area contributed by atoms with Crippen LogP contribution in [0.1, 0.15) is 22.6 Å². The summed E-state index contributed by atoms with van der Waals surface area (Å²) in [5, 5.41) is 1.73. The smallest absolute Gasteiger partial charge is 0.403 e. The third-order valence-corrected chi connectivity index (χ3v) is 8.18. The van der Waals surface area contributed by atoms with Gasteiger partial charge < -0.3 is 17.7 Å². The predicted octanol–water partition coefficient (Wildman–Crippen LogP) is 2.08. The fourth-order valence-corrected chi connectivity index (χ4v) is 6.91. The molecule has 6 aromatic rings. The van der Waals surface area contributed by atoms with E-state index in [1.807, 2.05) is 24.3 Å². The molecule has 6 aliphatic heterocycles. The fraction of sp³-hybridized carbons (Fsp3) is 0.0400. The Balaban J connectivity index is 1.47. The topological polar surface area (TPSA) is 118 Å². The lowest BCUT2D eigenvalue weighted by Gasteiger charge is -2.40. The molecule has 0 radical (unpaired) electrons. The van der Waals surface area contributed by atoms with Gasteiger partial charge in [-0.15, -0.1) is 9.15 Å². The van der Waals surface area contributed by atoms with Crippen molar-refractivity contribution >= 4 is 56.9 Å². The van der Waals surface area contributed by atoms with Crippen molar-refractivity contribution in [3.8, 4) is 0 Å². The summed E-state index contributed by atoms with van der Waals surface area (Å²) >= 11 is 0. The maximum atomic E-state index is 6.01. The lowest BCUT2D eigenvalue weighted by atomic mass is 10.2. The van der Waals surface area contributed by atoms with E-state index in [-0.39, 0.29) is 0 Å². The summed E-state index contributed by atoms with van der Waals surface area (Å²) in [6.07, 6.45) is 6.69. The molecule has 0 fully saturated rings. The molecule has 12 heterocycles. The van der Waals surface area contributed by atoms with Crippen LogP contribution in [0.15, 0.2) is 87.0 Å². The molecule has 0 bridgehead atoms. The molecule has 0 amide bonds. The number of amidine groups is 4. The van der Waals surface area contributed by atoms with Gasteiger partial charge in [-0.25, -0.2) is 14.1 Å². The molecular formula is C25H8N8O4+2. The Morgan fingerprint density at radius 2 is 1.27 bits per heavy atom. The number of hydrogen-bond acceptors (Lipinski definition) is 8. The van der Waals surface area contributed by atoms with Gasteiger partial charge in [0.05, 0.1) is 35.8 Å². The third-order valence-electron chi connectivity index (χ3n) is 8.18. The monoisotopic (exact) mass is 484 g/mol. The van der Waals surface area contributed by atoms with E-state index in [0.717, 1.165) is 21.9 Å². The average molecular weight is 484 g/mol. The first-order valence-electron chi connectivity index (χ1n) is 11.7. The normalized spacial score (nSPS) is 22.2. The van der Waals surface area contributed by atoms with E-state index in [2.05, 4.69) is 18.3 Å². The van der Waals surface area contributed by atoms with Gasteiger partial charge in [0, 0.05) is 0 Å². The molecule has 6 aromatic heterocycles. The number of fused-ring (bicyclic) bond motifs is 12. The Kier molecular flexibility index (Phi) is 1.98. The van der Waals surface area contributed by atoms with Gasteiger partial charge in [-0.2, -0.15) is 0 Å². The van der Waals surface area contributed by atoms with Gasteiger partial charge in [-0.3, -0.25) is 0 Å². The van der Waals surface area contributed by atoms with Gasteiger partial charge in [0.1, 0.15) is 11.1 Å². The standard InChI is InChI=1S/C25H8N8O4/c1-5-34-13-9(1)17-26-22-14-10(2-6-35-14)19-28-24-16-12(4-8-37-16)20-29-23-15-11(3-7-36-15)18-27-21(13)30(17)25(31(19)22,32(18)23)33(20)24/h1-8H/q+2/t25-. The molecule has 0 aromatic carbocycles. The summed E-state index contributed by atoms with van der Waals surface area (Å²) in [4.78, 5) is 20.5. The number of furan rings is 4. The van der Waals surface area contributed by atoms with Crippen molar-refractivity contribution in [2.75, 3.05) is 0 Å². The molecule has 1 atom stereocenters. The van der Waals surface area contributed by atoms with Crippen molar-refractivity contribution in [2.45, 2.75) is 5.91 Å². The second-order valence-corrected chi connectivity index (χ2v) is 9.63. The minimum atomic E-state index is -1.08. The molecule has 0 saturated heterocycles. The number of aromatic nitrogens is 2. The van der Waals surface area contributed by atoms with Gasteiger partial charge >= 0.3 is 17.6 Å². The number of hydrogen-bond donors (Lipinski definition) is 0. The van der Waals surface area contributed by atoms with E-state index in [1.165, 1.54) is 0 Å². The van der Waals surface area contributed by atoms with E-state index >= 15 is 0 Å². The number of nitrogens with zero attached hydrogens (tertiary/aromatic N) is 8. The van der Waals surface area contributed by atoms with Crippen LogP contribution in [0.25, 0.3) is 21.9 Å². The Morgan fingerprint density at radius 3 is 2.08 bits per heavy atom. The summed E-state index contributed by atoms with van der Waals surface area (Å²) in [6.45, 7) is 0. The van der Waals surface area contributed by atoms with E-state index in [9.17, 15) is 0 Å². The highest BCUT2D eigenvalue weighted by molar-refractivity contribution is 6.22. The van der Waals surface area contributed by atoms with E-state index < -0.39 is 5.91 Å². The van der Waals surface area contributed by atoms with Crippen LogP contribution in [0, 0.1) is 0 Å². The summed E-state index contributed by atoms with van der Waals surface area (Å²) in [5.41, 5.74) is 4.41. The summed E-state index contributed by atoms with van der Waals surface area (Å²) in [7, 11) is 0. The highest BCUT2D eigenvalue weighted by Gasteiger charge is 2.70. The molecule has 1 spiro atoms. The molecule has 170 valence electrons. The number of aliphatic imine (C=N–C) groups is 2. The largest absolute Gasteiger partial charge is 0.460 e. The minimum absolute atomic E-state index is 0.658. The van der Waals surface area contributed by atoms with Crippen LogP contribution in [0.4, 0.5) is 11.6 Å². The van der Waals surface area contributed by atoms with Crippen molar-refractivity contribution in [2.24, 2.45) is 20.0 Å². The maximum Gasteiger partial charge on any atom is 0.403 e. The summed E-state index contributed by atoms with van der Waals surface area (Å²) in [5.74, 6) is 4.35. The molecule has 0 unspecified atom stereocenters. The van der Waals surface area contributed by atoms with Crippen LogP contribution >= 0.6 is 0 Å². The van der Waals surface area contributed by atoms with E-state index in [4.69, 9.17) is 37.6 Å².